The van der Waals surface area contributed by atoms with Gasteiger partial charge in [0.15, 0.2) is 6.17 Å². The maximum atomic E-state index is 10.6. The van der Waals surface area contributed by atoms with Crippen LogP contribution in [-0.2, 0) is 4.79 Å². The van der Waals surface area contributed by atoms with E-state index in [4.69, 9.17) is 10.8 Å². The Morgan fingerprint density at radius 2 is 2.46 bits per heavy atom. The first-order valence-corrected chi connectivity index (χ1v) is 3.40. The molecule has 1 unspecified atom stereocenters. The van der Waals surface area contributed by atoms with Crippen molar-refractivity contribution in [1.29, 1.82) is 0 Å². The number of hydrogen-bond acceptors (Lipinski definition) is 5. The predicted molar refractivity (Wildman–Crippen MR) is 44.1 cm³/mol. The molecular weight excluding hydrogens is 176 g/mol. The zero-order valence-electron chi connectivity index (χ0n) is 6.52. The largest absolute Gasteiger partial charge is 0.479 e. The second kappa shape index (κ2) is 3.68. The minimum atomic E-state index is -1.25. The normalized spacial score (nSPS) is 12.1. The number of nitrogens with two attached hydrogens (primary N) is 1. The Labute approximate surface area is 72.6 Å². The Morgan fingerprint density at radius 3 is 3.00 bits per heavy atom. The summed E-state index contributed by atoms with van der Waals surface area (Å²) in [5.74, 6) is -0.993. The van der Waals surface area contributed by atoms with Crippen molar-refractivity contribution >= 4 is 11.8 Å². The van der Waals surface area contributed by atoms with Crippen molar-refractivity contribution in [2.45, 2.75) is 6.17 Å². The van der Waals surface area contributed by atoms with Crippen LogP contribution in [-0.4, -0.2) is 27.2 Å². The highest BCUT2D eigenvalue weighted by molar-refractivity contribution is 5.75. The summed E-state index contributed by atoms with van der Waals surface area (Å²) in [5, 5.41) is 10.8. The van der Waals surface area contributed by atoms with E-state index in [1.165, 1.54) is 12.3 Å². The zero-order chi connectivity index (χ0) is 9.84. The summed E-state index contributed by atoms with van der Waals surface area (Å²) in [5.41, 5.74) is 4.58. The third-order valence-corrected chi connectivity index (χ3v) is 1.25. The highest BCUT2D eigenvalue weighted by atomic mass is 16.4. The number of hydrogen-bond donors (Lipinski definition) is 4. The lowest BCUT2D eigenvalue weighted by molar-refractivity contribution is -0.137. The Kier molecular flexibility index (Phi) is 2.60. The Morgan fingerprint density at radius 1 is 1.77 bits per heavy atom. The molecule has 0 spiro atoms. The summed E-state index contributed by atoms with van der Waals surface area (Å²) in [6.45, 7) is 0. The van der Waals surface area contributed by atoms with Gasteiger partial charge in [-0.15, -0.1) is 0 Å². The first-order chi connectivity index (χ1) is 6.09. The third-order valence-electron chi connectivity index (χ3n) is 1.25. The average Bonchev–Trinajstić information content (AvgIpc) is 2.04. The minimum Gasteiger partial charge on any atom is -0.479 e. The topological polar surface area (TPSA) is 121 Å². The van der Waals surface area contributed by atoms with Crippen molar-refractivity contribution < 1.29 is 9.90 Å². The van der Waals surface area contributed by atoms with Gasteiger partial charge in [0.25, 0.3) is 0 Å². The summed E-state index contributed by atoms with van der Waals surface area (Å²) in [6, 6.07) is 1.41. The van der Waals surface area contributed by atoms with Gasteiger partial charge in [0.05, 0.1) is 0 Å². The van der Waals surface area contributed by atoms with Crippen molar-refractivity contribution in [3.05, 3.63) is 22.7 Å². The standard InChI is InChI=1S/C6H8N4O3/c7-4(5(11)12)9-3-1-2-8-6(13)10-3/h1-2,4H,7H2,(H,11,12)(H2,8,9,10,13). The Bertz CT molecular complexity index is 361. The molecule has 0 aliphatic carbocycles. The molecule has 1 rings (SSSR count). The van der Waals surface area contributed by atoms with E-state index in [0.717, 1.165) is 0 Å². The number of anilines is 1. The van der Waals surface area contributed by atoms with Crippen molar-refractivity contribution in [3.8, 4) is 0 Å². The summed E-state index contributed by atoms with van der Waals surface area (Å²) < 4.78 is 0. The number of nitrogens with one attached hydrogen (secondary N) is 2. The van der Waals surface area contributed by atoms with Crippen LogP contribution >= 0.6 is 0 Å². The number of carboxylic acid groups (broad SMARTS) is 1. The molecule has 5 N–H and O–H groups in total. The molecule has 1 heterocycles. The van der Waals surface area contributed by atoms with Gasteiger partial charge in [0, 0.05) is 6.20 Å². The molecule has 13 heavy (non-hydrogen) atoms. The molecule has 0 aliphatic heterocycles. The molecule has 0 bridgehead atoms. The predicted octanol–water partition coefficient (Wildman–Crippen LogP) is -1.45. The third kappa shape index (κ3) is 2.56. The number of aliphatic carboxylic acids is 1. The van der Waals surface area contributed by atoms with E-state index in [9.17, 15) is 9.59 Å². The van der Waals surface area contributed by atoms with E-state index < -0.39 is 17.8 Å². The van der Waals surface area contributed by atoms with Crippen LogP contribution in [0.2, 0.25) is 0 Å². The first-order valence-electron chi connectivity index (χ1n) is 3.40. The van der Waals surface area contributed by atoms with E-state index in [-0.39, 0.29) is 5.82 Å². The van der Waals surface area contributed by atoms with Crippen molar-refractivity contribution in [3.63, 3.8) is 0 Å². The summed E-state index contributed by atoms with van der Waals surface area (Å²) >= 11 is 0. The molecule has 0 aromatic carbocycles. The van der Waals surface area contributed by atoms with Gasteiger partial charge in [-0.1, -0.05) is 0 Å². The zero-order valence-corrected chi connectivity index (χ0v) is 6.52. The highest BCUT2D eigenvalue weighted by Crippen LogP contribution is 1.96. The molecule has 1 atom stereocenters. The van der Waals surface area contributed by atoms with Crippen molar-refractivity contribution in [1.82, 2.24) is 9.97 Å². The molecule has 0 saturated carbocycles. The van der Waals surface area contributed by atoms with Gasteiger partial charge in [0.2, 0.25) is 0 Å². The number of aromatic amines is 1. The monoisotopic (exact) mass is 184 g/mol. The number of aromatic nitrogens is 2. The van der Waals surface area contributed by atoms with Gasteiger partial charge in [0.1, 0.15) is 5.82 Å². The van der Waals surface area contributed by atoms with Crippen LogP contribution in [0.25, 0.3) is 0 Å². The maximum Gasteiger partial charge on any atom is 0.346 e. The van der Waals surface area contributed by atoms with Crippen LogP contribution in [0.5, 0.6) is 0 Å². The Balaban J connectivity index is 2.75. The lowest BCUT2D eigenvalue weighted by Crippen LogP contribution is -2.38. The molecule has 7 nitrogen and oxygen atoms in total. The fourth-order valence-corrected chi connectivity index (χ4v) is 0.682. The molecule has 70 valence electrons. The molecule has 0 fully saturated rings. The SMILES string of the molecule is NC(Nc1ccnc(=O)[nH]1)C(=O)O. The molecule has 1 aromatic rings. The van der Waals surface area contributed by atoms with Gasteiger partial charge < -0.3 is 16.2 Å². The number of carbonyl (C=O) groups is 1. The molecule has 0 aliphatic rings. The van der Waals surface area contributed by atoms with Crippen molar-refractivity contribution in [2.75, 3.05) is 5.32 Å². The van der Waals surface area contributed by atoms with E-state index in [2.05, 4.69) is 15.3 Å². The second-order valence-corrected chi connectivity index (χ2v) is 2.25. The van der Waals surface area contributed by atoms with Crippen LogP contribution in [0.4, 0.5) is 5.82 Å². The fraction of sp³-hybridized carbons (Fsp3) is 0.167. The van der Waals surface area contributed by atoms with Gasteiger partial charge in [-0.25, -0.2) is 14.6 Å². The number of rotatable bonds is 3. The van der Waals surface area contributed by atoms with Crippen molar-refractivity contribution in [2.24, 2.45) is 5.73 Å². The molecule has 1 aromatic heterocycles. The lowest BCUT2D eigenvalue weighted by atomic mass is 10.5. The Hall–Kier alpha value is -1.89. The summed E-state index contributed by atoms with van der Waals surface area (Å²) in [6.07, 6.45) is -0.00603. The molecule has 7 heteroatoms. The number of H-pyrrole nitrogens is 1. The first kappa shape index (κ1) is 9.20. The van der Waals surface area contributed by atoms with E-state index >= 15 is 0 Å². The molecular formula is C6H8N4O3. The molecule has 0 radical (unpaired) electrons. The lowest BCUT2D eigenvalue weighted by Gasteiger charge is -2.08. The van der Waals surface area contributed by atoms with E-state index in [1.54, 1.807) is 0 Å². The van der Waals surface area contributed by atoms with Gasteiger partial charge in [-0.05, 0) is 6.07 Å². The average molecular weight is 184 g/mol. The smallest absolute Gasteiger partial charge is 0.346 e. The maximum absolute atomic E-state index is 10.6. The number of nitrogens with zero attached hydrogens (tertiary/aromatic N) is 1. The highest BCUT2D eigenvalue weighted by Gasteiger charge is 2.10. The quantitative estimate of drug-likeness (QED) is 0.426. The van der Waals surface area contributed by atoms with Crippen LogP contribution < -0.4 is 16.7 Å². The van der Waals surface area contributed by atoms with E-state index in [1.807, 2.05) is 0 Å². The summed E-state index contributed by atoms with van der Waals surface area (Å²) in [4.78, 5) is 26.6. The van der Waals surface area contributed by atoms with Crippen LogP contribution in [0.15, 0.2) is 17.1 Å². The molecule has 0 amide bonds. The van der Waals surface area contributed by atoms with E-state index in [0.29, 0.717) is 0 Å². The van der Waals surface area contributed by atoms with Crippen LogP contribution in [0.1, 0.15) is 0 Å². The van der Waals surface area contributed by atoms with Crippen LogP contribution in [0.3, 0.4) is 0 Å². The fourth-order valence-electron chi connectivity index (χ4n) is 0.682. The minimum absolute atomic E-state index is 0.218. The summed E-state index contributed by atoms with van der Waals surface area (Å²) in [7, 11) is 0. The molecule has 0 saturated heterocycles. The second-order valence-electron chi connectivity index (χ2n) is 2.25. The van der Waals surface area contributed by atoms with Gasteiger partial charge in [-0.2, -0.15) is 0 Å². The number of carboxylic acids is 1. The van der Waals surface area contributed by atoms with Gasteiger partial charge in [-0.3, -0.25) is 4.98 Å². The van der Waals surface area contributed by atoms with Crippen LogP contribution in [0, 0.1) is 0 Å². The van der Waals surface area contributed by atoms with Gasteiger partial charge >= 0.3 is 11.7 Å².